The SMILES string of the molecule is c1ccc(N(c2ccc3ccccc3c2)c2nc(N(c3ccccc3)c3ccc4ccccc4c3)nc(N(c3ccccc3)c3ccc4ccccc4c3)n2)cc1. The van der Waals surface area contributed by atoms with Gasteiger partial charge in [0.15, 0.2) is 0 Å². The van der Waals surface area contributed by atoms with Gasteiger partial charge in [-0.15, -0.1) is 0 Å². The van der Waals surface area contributed by atoms with Gasteiger partial charge in [-0.2, -0.15) is 15.0 Å². The van der Waals surface area contributed by atoms with Crippen molar-refractivity contribution in [3.63, 3.8) is 0 Å². The third kappa shape index (κ3) is 6.66. The van der Waals surface area contributed by atoms with E-state index in [1.807, 2.05) is 54.6 Å². The van der Waals surface area contributed by atoms with Gasteiger partial charge < -0.3 is 0 Å². The van der Waals surface area contributed by atoms with Gasteiger partial charge in [0.25, 0.3) is 0 Å². The lowest BCUT2D eigenvalue weighted by Crippen LogP contribution is -2.22. The minimum atomic E-state index is 0.472. The second-order valence-corrected chi connectivity index (χ2v) is 13.8. The smallest absolute Gasteiger partial charge is 0.241 e. The van der Waals surface area contributed by atoms with Gasteiger partial charge in [0.2, 0.25) is 17.8 Å². The summed E-state index contributed by atoms with van der Waals surface area (Å²) in [6.45, 7) is 0. The number of anilines is 9. The molecule has 0 radical (unpaired) electrons. The van der Waals surface area contributed by atoms with Gasteiger partial charge in [-0.05, 0) is 105 Å². The first-order valence-corrected chi connectivity index (χ1v) is 19.0. The summed E-state index contributed by atoms with van der Waals surface area (Å²) in [6, 6.07) is 75.6. The summed E-state index contributed by atoms with van der Waals surface area (Å²) in [5, 5.41) is 6.83. The minimum absolute atomic E-state index is 0.472. The van der Waals surface area contributed by atoms with Crippen LogP contribution in [0.1, 0.15) is 0 Å². The molecule has 6 heteroatoms. The molecule has 6 nitrogen and oxygen atoms in total. The van der Waals surface area contributed by atoms with Crippen molar-refractivity contribution in [2.24, 2.45) is 0 Å². The Balaban J connectivity index is 1.27. The predicted octanol–water partition coefficient (Wildman–Crippen LogP) is 13.7. The zero-order chi connectivity index (χ0) is 38.0. The van der Waals surface area contributed by atoms with Crippen LogP contribution in [0.3, 0.4) is 0 Å². The van der Waals surface area contributed by atoms with Crippen molar-refractivity contribution >= 4 is 84.3 Å². The van der Waals surface area contributed by atoms with Crippen molar-refractivity contribution in [1.29, 1.82) is 0 Å². The molecule has 0 spiro atoms. The van der Waals surface area contributed by atoms with Gasteiger partial charge in [-0.25, -0.2) is 0 Å². The molecule has 0 aliphatic rings. The largest absolute Gasteiger partial charge is 0.279 e. The van der Waals surface area contributed by atoms with Crippen molar-refractivity contribution in [3.05, 3.63) is 218 Å². The average molecular weight is 733 g/mol. The van der Waals surface area contributed by atoms with E-state index in [1.54, 1.807) is 0 Å². The summed E-state index contributed by atoms with van der Waals surface area (Å²) in [4.78, 5) is 22.6. The van der Waals surface area contributed by atoms with Crippen LogP contribution in [0, 0.1) is 0 Å². The molecular formula is C51H36N6. The molecule has 0 saturated carbocycles. The number of rotatable bonds is 9. The van der Waals surface area contributed by atoms with Crippen LogP contribution < -0.4 is 14.7 Å². The van der Waals surface area contributed by atoms with Gasteiger partial charge in [0, 0.05) is 34.1 Å². The maximum Gasteiger partial charge on any atom is 0.241 e. The fourth-order valence-corrected chi connectivity index (χ4v) is 7.46. The maximum atomic E-state index is 5.42. The first-order chi connectivity index (χ1) is 28.2. The van der Waals surface area contributed by atoms with E-state index >= 15 is 0 Å². The Hall–Kier alpha value is -7.83. The van der Waals surface area contributed by atoms with Gasteiger partial charge in [0.1, 0.15) is 0 Å². The number of hydrogen-bond donors (Lipinski definition) is 0. The molecule has 0 atom stereocenters. The van der Waals surface area contributed by atoms with E-state index in [0.29, 0.717) is 17.8 Å². The molecule has 0 unspecified atom stereocenters. The monoisotopic (exact) mass is 732 g/mol. The fourth-order valence-electron chi connectivity index (χ4n) is 7.46. The summed E-state index contributed by atoms with van der Waals surface area (Å²) in [5.74, 6) is 1.42. The third-order valence-corrected chi connectivity index (χ3v) is 10.2. The molecule has 10 aromatic rings. The van der Waals surface area contributed by atoms with E-state index in [0.717, 1.165) is 66.4 Å². The number of nitrogens with zero attached hydrogens (tertiary/aromatic N) is 6. The van der Waals surface area contributed by atoms with E-state index in [-0.39, 0.29) is 0 Å². The topological polar surface area (TPSA) is 48.4 Å². The van der Waals surface area contributed by atoms with Crippen molar-refractivity contribution in [2.45, 2.75) is 0 Å². The molecule has 1 heterocycles. The summed E-state index contributed by atoms with van der Waals surface area (Å²) >= 11 is 0. The molecular weight excluding hydrogens is 697 g/mol. The molecule has 270 valence electrons. The summed E-state index contributed by atoms with van der Waals surface area (Å²) in [5.41, 5.74) is 5.55. The van der Waals surface area contributed by atoms with Gasteiger partial charge >= 0.3 is 0 Å². The van der Waals surface area contributed by atoms with Crippen molar-refractivity contribution in [2.75, 3.05) is 14.7 Å². The number of para-hydroxylation sites is 3. The van der Waals surface area contributed by atoms with Crippen LogP contribution in [0.4, 0.5) is 52.0 Å². The molecule has 0 fully saturated rings. The quantitative estimate of drug-likeness (QED) is 0.147. The summed E-state index contributed by atoms with van der Waals surface area (Å²) < 4.78 is 0. The number of hydrogen-bond acceptors (Lipinski definition) is 6. The Labute approximate surface area is 331 Å². The van der Waals surface area contributed by atoms with E-state index in [2.05, 4.69) is 178 Å². The van der Waals surface area contributed by atoms with E-state index in [4.69, 9.17) is 15.0 Å². The van der Waals surface area contributed by atoms with Crippen molar-refractivity contribution in [3.8, 4) is 0 Å². The number of fused-ring (bicyclic) bond motifs is 3. The average Bonchev–Trinajstić information content (AvgIpc) is 3.28. The Morgan fingerprint density at radius 1 is 0.211 bits per heavy atom. The lowest BCUT2D eigenvalue weighted by Gasteiger charge is -2.30. The molecule has 0 amide bonds. The zero-order valence-electron chi connectivity index (χ0n) is 31.0. The maximum absolute atomic E-state index is 5.42. The van der Waals surface area contributed by atoms with E-state index in [9.17, 15) is 0 Å². The Bertz CT molecular complexity index is 2650. The first kappa shape index (κ1) is 33.7. The highest BCUT2D eigenvalue weighted by Crippen LogP contribution is 2.42. The van der Waals surface area contributed by atoms with E-state index in [1.165, 1.54) is 0 Å². The highest BCUT2D eigenvalue weighted by atomic mass is 15.4. The molecule has 0 bridgehead atoms. The highest BCUT2D eigenvalue weighted by molar-refractivity contribution is 5.92. The van der Waals surface area contributed by atoms with Crippen molar-refractivity contribution in [1.82, 2.24) is 15.0 Å². The van der Waals surface area contributed by atoms with Crippen LogP contribution in [0.25, 0.3) is 32.3 Å². The number of benzene rings is 9. The second-order valence-electron chi connectivity index (χ2n) is 13.8. The molecule has 0 saturated heterocycles. The highest BCUT2D eigenvalue weighted by Gasteiger charge is 2.26. The lowest BCUT2D eigenvalue weighted by molar-refractivity contribution is 0.963. The normalized spacial score (nSPS) is 11.2. The minimum Gasteiger partial charge on any atom is -0.279 e. The van der Waals surface area contributed by atoms with E-state index < -0.39 is 0 Å². The van der Waals surface area contributed by atoms with Crippen LogP contribution in [0.15, 0.2) is 218 Å². The first-order valence-electron chi connectivity index (χ1n) is 19.0. The fraction of sp³-hybridized carbons (Fsp3) is 0. The van der Waals surface area contributed by atoms with Crippen LogP contribution in [0.2, 0.25) is 0 Å². The Morgan fingerprint density at radius 2 is 0.456 bits per heavy atom. The molecule has 0 aliphatic heterocycles. The molecule has 9 aromatic carbocycles. The summed E-state index contributed by atoms with van der Waals surface area (Å²) in [7, 11) is 0. The lowest BCUT2D eigenvalue weighted by atomic mass is 10.1. The van der Waals surface area contributed by atoms with Crippen LogP contribution in [0.5, 0.6) is 0 Å². The molecule has 0 aliphatic carbocycles. The second kappa shape index (κ2) is 14.8. The molecule has 1 aromatic heterocycles. The molecule has 57 heavy (non-hydrogen) atoms. The van der Waals surface area contributed by atoms with Crippen LogP contribution in [-0.4, -0.2) is 15.0 Å². The van der Waals surface area contributed by atoms with Gasteiger partial charge in [-0.1, -0.05) is 146 Å². The van der Waals surface area contributed by atoms with Crippen molar-refractivity contribution < 1.29 is 0 Å². The zero-order valence-corrected chi connectivity index (χ0v) is 31.0. The predicted molar refractivity (Wildman–Crippen MR) is 236 cm³/mol. The Morgan fingerprint density at radius 3 is 0.737 bits per heavy atom. The molecule has 10 rings (SSSR count). The third-order valence-electron chi connectivity index (χ3n) is 10.2. The number of aromatic nitrogens is 3. The van der Waals surface area contributed by atoms with Gasteiger partial charge in [-0.3, -0.25) is 14.7 Å². The van der Waals surface area contributed by atoms with Gasteiger partial charge in [0.05, 0.1) is 0 Å². The van der Waals surface area contributed by atoms with Crippen LogP contribution in [-0.2, 0) is 0 Å². The molecule has 0 N–H and O–H groups in total. The standard InChI is InChI=1S/C51H36N6/c1-4-22-43(23-5-1)55(46-31-28-37-16-10-13-19-40(37)34-46)49-52-50(56(44-24-6-2-7-25-44)47-32-29-38-17-11-14-20-41(38)35-47)54-51(53-49)57(45-26-8-3-9-27-45)48-33-30-39-18-12-15-21-42(39)36-48/h1-36H. The summed E-state index contributed by atoms with van der Waals surface area (Å²) in [6.07, 6.45) is 0. The Kier molecular flexibility index (Phi) is 8.74. The van der Waals surface area contributed by atoms with Crippen LogP contribution >= 0.6 is 0 Å².